The smallest absolute Gasteiger partial charge is 0.326 e. The predicted octanol–water partition coefficient (Wildman–Crippen LogP) is 1.16. The molecule has 1 radical (unpaired) electrons. The third-order valence-electron chi connectivity index (χ3n) is 4.39. The van der Waals surface area contributed by atoms with Crippen molar-refractivity contribution < 1.29 is 14.5 Å². The van der Waals surface area contributed by atoms with Crippen LogP contribution >= 0.6 is 0 Å². The molecule has 19 heavy (non-hydrogen) atoms. The van der Waals surface area contributed by atoms with E-state index in [9.17, 15) is 5.11 Å². The van der Waals surface area contributed by atoms with Gasteiger partial charge in [-0.05, 0) is 34.1 Å². The van der Waals surface area contributed by atoms with Crippen molar-refractivity contribution in [3.63, 3.8) is 0 Å². The van der Waals surface area contributed by atoms with Crippen molar-refractivity contribution in [1.29, 1.82) is 0 Å². The van der Waals surface area contributed by atoms with Crippen LogP contribution in [0.3, 0.4) is 0 Å². The Balaban J connectivity index is 1.79. The lowest BCUT2D eigenvalue weighted by atomic mass is 9.79. The van der Waals surface area contributed by atoms with Crippen LogP contribution in [0, 0.1) is 0 Å². The molecule has 4 nitrogen and oxygen atoms in total. The van der Waals surface area contributed by atoms with Gasteiger partial charge in [-0.1, -0.05) is 11.5 Å². The molecule has 0 spiro atoms. The zero-order chi connectivity index (χ0) is 14.1. The van der Waals surface area contributed by atoms with Crippen LogP contribution in [-0.4, -0.2) is 61.0 Å². The van der Waals surface area contributed by atoms with E-state index in [1.807, 2.05) is 21.3 Å². The third-order valence-corrected chi connectivity index (χ3v) is 4.39. The van der Waals surface area contributed by atoms with Crippen molar-refractivity contribution in [3.8, 4) is 0 Å². The number of aliphatic hydroxyl groups is 1. The molecule has 1 N–H and O–H groups in total. The van der Waals surface area contributed by atoms with E-state index in [-0.39, 0.29) is 0 Å². The molecule has 2 rings (SSSR count). The van der Waals surface area contributed by atoms with Gasteiger partial charge in [-0.2, -0.15) is 0 Å². The molecular weight excluding hydrogens is 241 g/mol. The van der Waals surface area contributed by atoms with E-state index in [4.69, 9.17) is 9.39 Å². The van der Waals surface area contributed by atoms with Gasteiger partial charge in [-0.15, -0.1) is 0 Å². The minimum Gasteiger partial charge on any atom is -0.427 e. The van der Waals surface area contributed by atoms with Crippen LogP contribution in [0.5, 0.6) is 0 Å². The number of hydrogen-bond acceptors (Lipinski definition) is 4. The van der Waals surface area contributed by atoms with Crippen LogP contribution in [0.25, 0.3) is 0 Å². The molecule has 0 saturated carbocycles. The summed E-state index contributed by atoms with van der Waals surface area (Å²) >= 11 is 0. The number of ether oxygens (including phenoxy) is 1. The first-order valence-electron chi connectivity index (χ1n) is 7.04. The van der Waals surface area contributed by atoms with Crippen molar-refractivity contribution >= 4 is 7.48 Å². The second-order valence-corrected chi connectivity index (χ2v) is 6.52. The van der Waals surface area contributed by atoms with E-state index in [1.165, 1.54) is 5.47 Å². The highest BCUT2D eigenvalue weighted by atomic mass is 16.5. The summed E-state index contributed by atoms with van der Waals surface area (Å²) in [4.78, 5) is 2.45. The fourth-order valence-corrected chi connectivity index (χ4v) is 1.94. The van der Waals surface area contributed by atoms with Crippen LogP contribution < -0.4 is 0 Å². The largest absolute Gasteiger partial charge is 0.427 e. The molecule has 0 aromatic heterocycles. The molecule has 0 aromatic rings. The first kappa shape index (κ1) is 15.0. The van der Waals surface area contributed by atoms with Gasteiger partial charge in [-0.3, -0.25) is 4.90 Å². The molecule has 5 heteroatoms. The molecule has 0 unspecified atom stereocenters. The maximum Gasteiger partial charge on any atom is 0.326 e. The van der Waals surface area contributed by atoms with E-state index in [0.29, 0.717) is 6.04 Å². The maximum absolute atomic E-state index is 10.0. The Labute approximate surface area is 117 Å². The van der Waals surface area contributed by atoms with Crippen molar-refractivity contribution in [2.45, 2.75) is 51.4 Å². The van der Waals surface area contributed by atoms with Gasteiger partial charge in [0.15, 0.2) is 0 Å². The highest BCUT2D eigenvalue weighted by Gasteiger charge is 2.36. The van der Waals surface area contributed by atoms with Crippen LogP contribution in [0.15, 0.2) is 11.5 Å². The zero-order valence-electron chi connectivity index (χ0n) is 12.5. The monoisotopic (exact) mass is 266 g/mol. The standard InChI is InChI=1S/C14H25BNO3/c1-13(2,17)14(3,4)19-15-11-5-7-16(8-6-11)12-9-18-10-12/h5,12,17H,6-10H2,1-4H3. The van der Waals surface area contributed by atoms with Crippen LogP contribution in [0.4, 0.5) is 0 Å². The molecule has 0 aromatic carbocycles. The van der Waals surface area contributed by atoms with E-state index in [0.717, 1.165) is 32.7 Å². The molecule has 2 aliphatic rings. The molecule has 0 amide bonds. The summed E-state index contributed by atoms with van der Waals surface area (Å²) in [6, 6.07) is 0.603. The van der Waals surface area contributed by atoms with Crippen LogP contribution in [0.2, 0.25) is 0 Å². The molecule has 0 aliphatic carbocycles. The Kier molecular flexibility index (Phi) is 4.40. The van der Waals surface area contributed by atoms with Gasteiger partial charge in [0, 0.05) is 13.1 Å². The highest BCUT2D eigenvalue weighted by Crippen LogP contribution is 2.26. The summed E-state index contributed by atoms with van der Waals surface area (Å²) in [5, 5.41) is 10.0. The van der Waals surface area contributed by atoms with E-state index in [2.05, 4.69) is 11.0 Å². The van der Waals surface area contributed by atoms with Crippen LogP contribution in [0.1, 0.15) is 34.1 Å². The van der Waals surface area contributed by atoms with Crippen molar-refractivity contribution in [3.05, 3.63) is 11.5 Å². The SMILES string of the molecule is CC(C)(O)C(C)(C)O[B]C1=CCN(C2COC2)CC1. The van der Waals surface area contributed by atoms with Crippen molar-refractivity contribution in [1.82, 2.24) is 4.90 Å². The Hall–Kier alpha value is -0.355. The summed E-state index contributed by atoms with van der Waals surface area (Å²) in [5.74, 6) is 0. The quantitative estimate of drug-likeness (QED) is 0.758. The van der Waals surface area contributed by atoms with E-state index in [1.54, 1.807) is 13.8 Å². The van der Waals surface area contributed by atoms with E-state index >= 15 is 0 Å². The van der Waals surface area contributed by atoms with Crippen molar-refractivity contribution in [2.75, 3.05) is 26.3 Å². The summed E-state index contributed by atoms with van der Waals surface area (Å²) in [5.41, 5.74) is -0.241. The van der Waals surface area contributed by atoms with Gasteiger partial charge in [0.2, 0.25) is 0 Å². The summed E-state index contributed by atoms with van der Waals surface area (Å²) < 4.78 is 11.0. The van der Waals surface area contributed by atoms with E-state index < -0.39 is 11.2 Å². The molecule has 2 heterocycles. The average Bonchev–Trinajstić information content (AvgIpc) is 2.24. The maximum atomic E-state index is 10.0. The topological polar surface area (TPSA) is 41.9 Å². The van der Waals surface area contributed by atoms with Crippen molar-refractivity contribution in [2.24, 2.45) is 0 Å². The Morgan fingerprint density at radius 3 is 2.47 bits per heavy atom. The summed E-state index contributed by atoms with van der Waals surface area (Å²) in [6.45, 7) is 11.1. The lowest BCUT2D eigenvalue weighted by Gasteiger charge is -2.40. The second kappa shape index (κ2) is 5.56. The minimum atomic E-state index is -0.867. The second-order valence-electron chi connectivity index (χ2n) is 6.52. The molecule has 107 valence electrons. The fraction of sp³-hybridized carbons (Fsp3) is 0.857. The predicted molar refractivity (Wildman–Crippen MR) is 76.1 cm³/mol. The zero-order valence-corrected chi connectivity index (χ0v) is 12.5. The number of hydrogen-bond donors (Lipinski definition) is 1. The number of rotatable bonds is 5. The van der Waals surface area contributed by atoms with Gasteiger partial charge < -0.3 is 14.5 Å². The highest BCUT2D eigenvalue weighted by molar-refractivity contribution is 6.38. The fourth-order valence-electron chi connectivity index (χ4n) is 1.94. The first-order valence-corrected chi connectivity index (χ1v) is 7.04. The molecular formula is C14H25BNO3. The molecule has 0 bridgehead atoms. The Morgan fingerprint density at radius 1 is 1.37 bits per heavy atom. The lowest BCUT2D eigenvalue weighted by Crippen LogP contribution is -2.51. The molecule has 0 atom stereocenters. The lowest BCUT2D eigenvalue weighted by molar-refractivity contribution is -0.0899. The number of nitrogens with zero attached hydrogens (tertiary/aromatic N) is 1. The van der Waals surface area contributed by atoms with Gasteiger partial charge in [0.1, 0.15) is 0 Å². The Bertz CT molecular complexity index is 345. The molecule has 1 fully saturated rings. The third kappa shape index (κ3) is 3.60. The molecule has 2 aliphatic heterocycles. The molecule has 1 saturated heterocycles. The first-order chi connectivity index (χ1) is 8.79. The minimum absolute atomic E-state index is 0.590. The van der Waals surface area contributed by atoms with Gasteiger partial charge in [-0.25, -0.2) is 0 Å². The average molecular weight is 266 g/mol. The summed E-state index contributed by atoms with van der Waals surface area (Å²) in [6.07, 6.45) is 3.21. The van der Waals surface area contributed by atoms with Gasteiger partial charge in [0.25, 0.3) is 0 Å². The normalized spacial score (nSPS) is 22.9. The summed E-state index contributed by atoms with van der Waals surface area (Å²) in [7, 11) is 1.81. The Morgan fingerprint density at radius 2 is 2.05 bits per heavy atom. The van der Waals surface area contributed by atoms with Gasteiger partial charge in [0.05, 0.1) is 30.5 Å². The van der Waals surface area contributed by atoms with Gasteiger partial charge >= 0.3 is 7.48 Å². The van der Waals surface area contributed by atoms with Crippen LogP contribution in [-0.2, 0) is 9.39 Å².